The van der Waals surface area contributed by atoms with Crippen molar-refractivity contribution >= 4 is 11.7 Å². The number of anilines is 1. The third-order valence-electron chi connectivity index (χ3n) is 3.51. The number of amides is 1. The fraction of sp³-hybridized carbons (Fsp3) is 0.263. The number of hydrogen-bond acceptors (Lipinski definition) is 4. The summed E-state index contributed by atoms with van der Waals surface area (Å²) in [6, 6.07) is 9.94. The number of pyridine rings is 1. The SMILES string of the molecule is CC=CCCCOc1cccc(CNC(=O)c2ccc(F)nc2N)c1. The number of nitrogen functional groups attached to an aromatic ring is 1. The number of nitrogens with one attached hydrogen (secondary N) is 1. The molecule has 0 spiro atoms. The van der Waals surface area contributed by atoms with Crippen LogP contribution in [0.3, 0.4) is 0 Å². The molecule has 5 nitrogen and oxygen atoms in total. The number of allylic oxidation sites excluding steroid dienone is 2. The van der Waals surface area contributed by atoms with Gasteiger partial charge in [0.25, 0.3) is 5.91 Å². The maximum Gasteiger partial charge on any atom is 0.255 e. The molecule has 0 aliphatic rings. The van der Waals surface area contributed by atoms with Gasteiger partial charge in [-0.05, 0) is 49.6 Å². The van der Waals surface area contributed by atoms with Gasteiger partial charge in [-0.25, -0.2) is 4.98 Å². The highest BCUT2D eigenvalue weighted by molar-refractivity contribution is 5.98. The Balaban J connectivity index is 1.88. The van der Waals surface area contributed by atoms with E-state index in [4.69, 9.17) is 10.5 Å². The maximum absolute atomic E-state index is 12.9. The van der Waals surface area contributed by atoms with E-state index >= 15 is 0 Å². The number of nitrogens with zero attached hydrogens (tertiary/aromatic N) is 1. The van der Waals surface area contributed by atoms with Crippen LogP contribution in [0.2, 0.25) is 0 Å². The molecule has 1 heterocycles. The number of halogens is 1. The summed E-state index contributed by atoms with van der Waals surface area (Å²) >= 11 is 0. The molecule has 0 atom stereocenters. The van der Waals surface area contributed by atoms with Gasteiger partial charge in [-0.2, -0.15) is 4.39 Å². The lowest BCUT2D eigenvalue weighted by molar-refractivity contribution is 0.0951. The molecule has 0 unspecified atom stereocenters. The molecule has 6 heteroatoms. The number of carbonyl (C=O) groups excluding carboxylic acids is 1. The van der Waals surface area contributed by atoms with Crippen molar-refractivity contribution in [1.29, 1.82) is 0 Å². The molecule has 132 valence electrons. The van der Waals surface area contributed by atoms with Crippen molar-refractivity contribution in [3.63, 3.8) is 0 Å². The predicted octanol–water partition coefficient (Wildman–Crippen LogP) is 3.47. The van der Waals surface area contributed by atoms with E-state index in [1.165, 1.54) is 6.07 Å². The Kier molecular flexibility index (Phi) is 6.95. The van der Waals surface area contributed by atoms with Gasteiger partial charge in [-0.1, -0.05) is 24.3 Å². The Labute approximate surface area is 146 Å². The van der Waals surface area contributed by atoms with Crippen molar-refractivity contribution in [2.45, 2.75) is 26.3 Å². The lowest BCUT2D eigenvalue weighted by atomic mass is 10.2. The third-order valence-corrected chi connectivity index (χ3v) is 3.51. The van der Waals surface area contributed by atoms with Gasteiger partial charge in [0.15, 0.2) is 0 Å². The third kappa shape index (κ3) is 5.91. The largest absolute Gasteiger partial charge is 0.494 e. The number of unbranched alkanes of at least 4 members (excludes halogenated alkanes) is 1. The standard InChI is InChI=1S/C19H22FN3O2/c1-2-3-4-5-11-25-15-8-6-7-14(12-15)13-22-19(24)16-9-10-17(20)23-18(16)21/h2-3,6-10,12H,4-5,11,13H2,1H3,(H2,21,23)(H,22,24). The Morgan fingerprint density at radius 1 is 1.36 bits per heavy atom. The first-order chi connectivity index (χ1) is 12.1. The van der Waals surface area contributed by atoms with Gasteiger partial charge in [0.05, 0.1) is 12.2 Å². The zero-order valence-electron chi connectivity index (χ0n) is 14.2. The zero-order chi connectivity index (χ0) is 18.1. The van der Waals surface area contributed by atoms with Gasteiger partial charge >= 0.3 is 0 Å². The number of aromatic nitrogens is 1. The van der Waals surface area contributed by atoms with Crippen LogP contribution in [-0.2, 0) is 6.54 Å². The van der Waals surface area contributed by atoms with Crippen molar-refractivity contribution in [2.75, 3.05) is 12.3 Å². The summed E-state index contributed by atoms with van der Waals surface area (Å²) in [5.74, 6) is -0.484. The van der Waals surface area contributed by atoms with Crippen molar-refractivity contribution in [3.05, 3.63) is 65.6 Å². The molecule has 1 aromatic heterocycles. The molecular weight excluding hydrogens is 321 g/mol. The molecule has 2 aromatic rings. The van der Waals surface area contributed by atoms with E-state index in [1.807, 2.05) is 37.3 Å². The molecular formula is C19H22FN3O2. The summed E-state index contributed by atoms with van der Waals surface area (Å²) in [5, 5.41) is 2.74. The Morgan fingerprint density at radius 3 is 2.96 bits per heavy atom. The normalized spacial score (nSPS) is 10.8. The van der Waals surface area contributed by atoms with E-state index < -0.39 is 11.9 Å². The van der Waals surface area contributed by atoms with Crippen molar-refractivity contribution in [3.8, 4) is 5.75 Å². The summed E-state index contributed by atoms with van der Waals surface area (Å²) in [6.45, 7) is 2.94. The van der Waals surface area contributed by atoms with Crippen LogP contribution in [0, 0.1) is 5.95 Å². The number of carbonyl (C=O) groups is 1. The highest BCUT2D eigenvalue weighted by atomic mass is 19.1. The molecule has 0 aliphatic heterocycles. The number of rotatable bonds is 8. The smallest absolute Gasteiger partial charge is 0.255 e. The summed E-state index contributed by atoms with van der Waals surface area (Å²) in [4.78, 5) is 15.6. The van der Waals surface area contributed by atoms with E-state index in [0.29, 0.717) is 13.2 Å². The molecule has 1 aromatic carbocycles. The molecule has 1 amide bonds. The first-order valence-electron chi connectivity index (χ1n) is 8.13. The minimum Gasteiger partial charge on any atom is -0.494 e. The summed E-state index contributed by atoms with van der Waals surface area (Å²) < 4.78 is 18.6. The van der Waals surface area contributed by atoms with E-state index in [9.17, 15) is 9.18 Å². The number of hydrogen-bond donors (Lipinski definition) is 2. The lowest BCUT2D eigenvalue weighted by Crippen LogP contribution is -2.24. The lowest BCUT2D eigenvalue weighted by Gasteiger charge is -2.09. The minimum absolute atomic E-state index is 0.129. The molecule has 0 radical (unpaired) electrons. The van der Waals surface area contributed by atoms with Crippen molar-refractivity contribution in [2.24, 2.45) is 0 Å². The van der Waals surface area contributed by atoms with E-state index in [1.54, 1.807) is 0 Å². The molecule has 25 heavy (non-hydrogen) atoms. The van der Waals surface area contributed by atoms with Crippen molar-refractivity contribution in [1.82, 2.24) is 10.3 Å². The molecule has 0 saturated carbocycles. The number of nitrogens with two attached hydrogens (primary N) is 1. The second-order valence-electron chi connectivity index (χ2n) is 5.46. The Hall–Kier alpha value is -2.89. The Bertz CT molecular complexity index is 747. The summed E-state index contributed by atoms with van der Waals surface area (Å²) in [5.41, 5.74) is 6.62. The van der Waals surface area contributed by atoms with Crippen LogP contribution in [0.25, 0.3) is 0 Å². The second-order valence-corrected chi connectivity index (χ2v) is 5.46. The van der Waals surface area contributed by atoms with Crippen molar-refractivity contribution < 1.29 is 13.9 Å². The van der Waals surface area contributed by atoms with Gasteiger partial charge in [0.1, 0.15) is 11.6 Å². The average molecular weight is 343 g/mol. The van der Waals surface area contributed by atoms with E-state index in [2.05, 4.69) is 16.4 Å². The molecule has 3 N–H and O–H groups in total. The Morgan fingerprint density at radius 2 is 2.20 bits per heavy atom. The van der Waals surface area contributed by atoms with Crippen LogP contribution in [0.4, 0.5) is 10.2 Å². The molecule has 0 saturated heterocycles. The summed E-state index contributed by atoms with van der Waals surface area (Å²) in [7, 11) is 0. The molecule has 0 bridgehead atoms. The van der Waals surface area contributed by atoms with Gasteiger partial charge < -0.3 is 15.8 Å². The summed E-state index contributed by atoms with van der Waals surface area (Å²) in [6.07, 6.45) is 6.06. The first-order valence-corrected chi connectivity index (χ1v) is 8.13. The highest BCUT2D eigenvalue weighted by Gasteiger charge is 2.11. The van der Waals surface area contributed by atoms with Crippen LogP contribution in [0.5, 0.6) is 5.75 Å². The average Bonchev–Trinajstić information content (AvgIpc) is 2.60. The number of benzene rings is 1. The van der Waals surface area contributed by atoms with Crippen LogP contribution < -0.4 is 15.8 Å². The highest BCUT2D eigenvalue weighted by Crippen LogP contribution is 2.14. The van der Waals surface area contributed by atoms with Gasteiger partial charge in [-0.3, -0.25) is 4.79 Å². The maximum atomic E-state index is 12.9. The van der Waals surface area contributed by atoms with E-state index in [-0.39, 0.29) is 11.4 Å². The molecule has 0 aliphatic carbocycles. The fourth-order valence-electron chi connectivity index (χ4n) is 2.22. The van der Waals surface area contributed by atoms with E-state index in [0.717, 1.165) is 30.2 Å². The van der Waals surface area contributed by atoms with Gasteiger partial charge in [-0.15, -0.1) is 0 Å². The second kappa shape index (κ2) is 9.42. The number of ether oxygens (including phenoxy) is 1. The quantitative estimate of drug-likeness (QED) is 0.437. The fourth-order valence-corrected chi connectivity index (χ4v) is 2.22. The van der Waals surface area contributed by atoms with Gasteiger partial charge in [0, 0.05) is 6.54 Å². The molecule has 2 rings (SSSR count). The first kappa shape index (κ1) is 18.4. The molecule has 0 fully saturated rings. The van der Waals surface area contributed by atoms with Crippen LogP contribution in [-0.4, -0.2) is 17.5 Å². The van der Waals surface area contributed by atoms with Crippen LogP contribution >= 0.6 is 0 Å². The predicted molar refractivity (Wildman–Crippen MR) is 95.8 cm³/mol. The van der Waals surface area contributed by atoms with Crippen LogP contribution in [0.15, 0.2) is 48.6 Å². The monoisotopic (exact) mass is 343 g/mol. The van der Waals surface area contributed by atoms with Crippen LogP contribution in [0.1, 0.15) is 35.7 Å². The van der Waals surface area contributed by atoms with Gasteiger partial charge in [0.2, 0.25) is 5.95 Å². The topological polar surface area (TPSA) is 77.2 Å². The zero-order valence-corrected chi connectivity index (χ0v) is 14.2. The minimum atomic E-state index is -0.715.